The van der Waals surface area contributed by atoms with Crippen LogP contribution in [0.25, 0.3) is 0 Å². The molecule has 0 spiro atoms. The van der Waals surface area contributed by atoms with Crippen molar-refractivity contribution < 1.29 is 18.3 Å². The van der Waals surface area contributed by atoms with Crippen LogP contribution in [0, 0.1) is 11.3 Å². The fraction of sp³-hybridized carbons (Fsp3) is 0.818. The molecule has 102 valence electrons. The van der Waals surface area contributed by atoms with E-state index >= 15 is 0 Å². The van der Waals surface area contributed by atoms with Crippen LogP contribution in [0.15, 0.2) is 0 Å². The standard InChI is InChI=1S/C11H18N2O4S/c1-2-9(8-12)18(16,17)13-11(10(14)15)6-4-3-5-7-11/h9,13H,2-7H2,1H3,(H,14,15). The number of carboxylic acids is 1. The summed E-state index contributed by atoms with van der Waals surface area (Å²) in [7, 11) is -3.92. The molecule has 0 bridgehead atoms. The third kappa shape index (κ3) is 3.00. The van der Waals surface area contributed by atoms with Gasteiger partial charge < -0.3 is 5.11 Å². The molecule has 0 aromatic carbocycles. The molecular weight excluding hydrogens is 256 g/mol. The van der Waals surface area contributed by atoms with Crippen molar-refractivity contribution in [1.29, 1.82) is 5.26 Å². The third-order valence-electron chi connectivity index (χ3n) is 3.34. The Labute approximate surface area is 107 Å². The monoisotopic (exact) mass is 274 g/mol. The fourth-order valence-electron chi connectivity index (χ4n) is 2.24. The molecule has 0 aliphatic heterocycles. The lowest BCUT2D eigenvalue weighted by atomic mass is 9.83. The van der Waals surface area contributed by atoms with E-state index in [9.17, 15) is 18.3 Å². The fourth-order valence-corrected chi connectivity index (χ4v) is 3.79. The summed E-state index contributed by atoms with van der Waals surface area (Å²) >= 11 is 0. The van der Waals surface area contributed by atoms with Crippen molar-refractivity contribution >= 4 is 16.0 Å². The van der Waals surface area contributed by atoms with Crippen molar-refractivity contribution in [1.82, 2.24) is 4.72 Å². The number of rotatable bonds is 5. The molecule has 1 unspecified atom stereocenters. The van der Waals surface area contributed by atoms with Crippen LogP contribution >= 0.6 is 0 Å². The SMILES string of the molecule is CCC(C#N)S(=O)(=O)NC1(C(=O)O)CCCCC1. The van der Waals surface area contributed by atoms with E-state index in [4.69, 9.17) is 5.26 Å². The van der Waals surface area contributed by atoms with Gasteiger partial charge in [0.2, 0.25) is 10.0 Å². The first-order valence-electron chi connectivity index (χ1n) is 6.04. The van der Waals surface area contributed by atoms with Crippen molar-refractivity contribution in [2.75, 3.05) is 0 Å². The highest BCUT2D eigenvalue weighted by Gasteiger charge is 2.44. The van der Waals surface area contributed by atoms with Crippen LogP contribution in [-0.2, 0) is 14.8 Å². The number of nitriles is 1. The second-order valence-electron chi connectivity index (χ2n) is 4.62. The van der Waals surface area contributed by atoms with E-state index in [-0.39, 0.29) is 19.3 Å². The zero-order chi connectivity index (χ0) is 13.8. The molecule has 0 radical (unpaired) electrons. The molecule has 1 aliphatic carbocycles. The maximum atomic E-state index is 12.0. The maximum Gasteiger partial charge on any atom is 0.324 e. The van der Waals surface area contributed by atoms with Crippen molar-refractivity contribution in [3.05, 3.63) is 0 Å². The summed E-state index contributed by atoms with van der Waals surface area (Å²) in [4.78, 5) is 11.3. The number of hydrogen-bond donors (Lipinski definition) is 2. The molecule has 1 aliphatic rings. The van der Waals surface area contributed by atoms with Gasteiger partial charge in [0, 0.05) is 0 Å². The molecule has 1 rings (SSSR count). The Morgan fingerprint density at radius 2 is 2.00 bits per heavy atom. The van der Waals surface area contributed by atoms with Gasteiger partial charge in [0.25, 0.3) is 0 Å². The van der Waals surface area contributed by atoms with Gasteiger partial charge in [-0.1, -0.05) is 26.2 Å². The number of carboxylic acid groups (broad SMARTS) is 1. The quantitative estimate of drug-likeness (QED) is 0.777. The Balaban J connectivity index is 2.98. The zero-order valence-electron chi connectivity index (χ0n) is 10.3. The van der Waals surface area contributed by atoms with E-state index in [0.717, 1.165) is 6.42 Å². The van der Waals surface area contributed by atoms with Crippen molar-refractivity contribution in [2.45, 2.75) is 56.2 Å². The van der Waals surface area contributed by atoms with Gasteiger partial charge in [0.1, 0.15) is 5.54 Å². The van der Waals surface area contributed by atoms with Crippen LogP contribution in [0.4, 0.5) is 0 Å². The maximum absolute atomic E-state index is 12.0. The van der Waals surface area contributed by atoms with Gasteiger partial charge in [-0.25, -0.2) is 8.42 Å². The van der Waals surface area contributed by atoms with Gasteiger partial charge in [-0.2, -0.15) is 9.98 Å². The first-order chi connectivity index (χ1) is 8.38. The van der Waals surface area contributed by atoms with Gasteiger partial charge in [-0.3, -0.25) is 4.79 Å². The second-order valence-corrected chi connectivity index (χ2v) is 6.48. The van der Waals surface area contributed by atoms with Gasteiger partial charge in [0.15, 0.2) is 5.25 Å². The van der Waals surface area contributed by atoms with E-state index < -0.39 is 26.8 Å². The third-order valence-corrected chi connectivity index (χ3v) is 5.21. The predicted octanol–water partition coefficient (Wildman–Crippen LogP) is 0.995. The number of aliphatic carboxylic acids is 1. The van der Waals surface area contributed by atoms with Crippen LogP contribution in [0.1, 0.15) is 45.4 Å². The van der Waals surface area contributed by atoms with Crippen LogP contribution in [-0.4, -0.2) is 30.3 Å². The van der Waals surface area contributed by atoms with Gasteiger partial charge in [-0.15, -0.1) is 0 Å². The van der Waals surface area contributed by atoms with Gasteiger partial charge >= 0.3 is 5.97 Å². The summed E-state index contributed by atoms with van der Waals surface area (Å²) in [5.41, 5.74) is -1.43. The molecule has 1 saturated carbocycles. The first kappa shape index (κ1) is 14.9. The second kappa shape index (κ2) is 5.67. The molecule has 18 heavy (non-hydrogen) atoms. The van der Waals surface area contributed by atoms with Crippen molar-refractivity contribution in [3.8, 4) is 6.07 Å². The van der Waals surface area contributed by atoms with Crippen molar-refractivity contribution in [3.63, 3.8) is 0 Å². The highest BCUT2D eigenvalue weighted by molar-refractivity contribution is 7.90. The van der Waals surface area contributed by atoms with E-state index in [1.54, 1.807) is 13.0 Å². The smallest absolute Gasteiger partial charge is 0.324 e. The topological polar surface area (TPSA) is 107 Å². The summed E-state index contributed by atoms with van der Waals surface area (Å²) in [6.07, 6.45) is 2.97. The molecule has 0 aromatic rings. The van der Waals surface area contributed by atoms with E-state index in [1.165, 1.54) is 0 Å². The molecule has 0 aromatic heterocycles. The lowest BCUT2D eigenvalue weighted by molar-refractivity contribution is -0.145. The summed E-state index contributed by atoms with van der Waals surface area (Å²) < 4.78 is 26.2. The molecule has 0 saturated heterocycles. The Morgan fingerprint density at radius 3 is 2.39 bits per heavy atom. The van der Waals surface area contributed by atoms with Gasteiger partial charge in [-0.05, 0) is 19.3 Å². The van der Waals surface area contributed by atoms with Crippen LogP contribution in [0.3, 0.4) is 0 Å². The normalized spacial score (nSPS) is 20.9. The molecular formula is C11H18N2O4S. The molecule has 1 atom stereocenters. The first-order valence-corrected chi connectivity index (χ1v) is 7.58. The Kier molecular flexibility index (Phi) is 4.71. The lowest BCUT2D eigenvalue weighted by Gasteiger charge is -2.34. The molecule has 6 nitrogen and oxygen atoms in total. The zero-order valence-corrected chi connectivity index (χ0v) is 11.2. The minimum absolute atomic E-state index is 0.140. The molecule has 0 heterocycles. The van der Waals surface area contributed by atoms with Crippen molar-refractivity contribution in [2.24, 2.45) is 0 Å². The number of sulfonamides is 1. The number of nitrogens with zero attached hydrogens (tertiary/aromatic N) is 1. The number of nitrogens with one attached hydrogen (secondary N) is 1. The number of carbonyl (C=O) groups is 1. The lowest BCUT2D eigenvalue weighted by Crippen LogP contribution is -2.57. The Bertz CT molecular complexity index is 446. The average molecular weight is 274 g/mol. The average Bonchev–Trinajstić information content (AvgIpc) is 2.30. The molecule has 0 amide bonds. The highest BCUT2D eigenvalue weighted by atomic mass is 32.2. The summed E-state index contributed by atoms with van der Waals surface area (Å²) in [5, 5.41) is 16.9. The highest BCUT2D eigenvalue weighted by Crippen LogP contribution is 2.29. The summed E-state index contributed by atoms with van der Waals surface area (Å²) in [6.45, 7) is 1.58. The Hall–Kier alpha value is -1.13. The van der Waals surface area contributed by atoms with E-state index in [0.29, 0.717) is 12.8 Å². The summed E-state index contributed by atoms with van der Waals surface area (Å²) in [5.74, 6) is -1.15. The minimum atomic E-state index is -3.92. The van der Waals surface area contributed by atoms with Crippen LogP contribution < -0.4 is 4.72 Å². The molecule has 7 heteroatoms. The molecule has 2 N–H and O–H groups in total. The predicted molar refractivity (Wildman–Crippen MR) is 65.2 cm³/mol. The van der Waals surface area contributed by atoms with Crippen LogP contribution in [0.5, 0.6) is 0 Å². The van der Waals surface area contributed by atoms with E-state index in [2.05, 4.69) is 4.72 Å². The Morgan fingerprint density at radius 1 is 1.44 bits per heavy atom. The molecule has 1 fully saturated rings. The van der Waals surface area contributed by atoms with E-state index in [1.807, 2.05) is 0 Å². The van der Waals surface area contributed by atoms with Crippen LogP contribution in [0.2, 0.25) is 0 Å². The summed E-state index contributed by atoms with van der Waals surface area (Å²) in [6, 6.07) is 1.69. The van der Waals surface area contributed by atoms with Gasteiger partial charge in [0.05, 0.1) is 6.07 Å². The largest absolute Gasteiger partial charge is 0.480 e. The minimum Gasteiger partial charge on any atom is -0.480 e. The number of hydrogen-bond acceptors (Lipinski definition) is 4.